The molecule has 11 heteroatoms. The van der Waals surface area contributed by atoms with Crippen molar-refractivity contribution in [3.8, 4) is 5.69 Å². The Morgan fingerprint density at radius 2 is 1.66 bits per heavy atom. The zero-order chi connectivity index (χ0) is 26.8. The summed E-state index contributed by atoms with van der Waals surface area (Å²) in [6.45, 7) is 5.46. The number of amides is 1. The zero-order valence-corrected chi connectivity index (χ0v) is 21.9. The maximum atomic E-state index is 12.9. The van der Waals surface area contributed by atoms with Crippen LogP contribution in [0.25, 0.3) is 16.7 Å². The van der Waals surface area contributed by atoms with Crippen molar-refractivity contribution in [3.63, 3.8) is 0 Å². The number of rotatable bonds is 5. The van der Waals surface area contributed by atoms with E-state index in [1.54, 1.807) is 16.9 Å². The van der Waals surface area contributed by atoms with Crippen LogP contribution in [0.1, 0.15) is 40.7 Å². The van der Waals surface area contributed by atoms with Crippen LogP contribution in [0, 0.1) is 24.0 Å². The van der Waals surface area contributed by atoms with Gasteiger partial charge >= 0.3 is 0 Å². The zero-order valence-electron chi connectivity index (χ0n) is 21.1. The fourth-order valence-corrected chi connectivity index (χ4v) is 4.74. The number of benzene rings is 3. The third-order valence-corrected chi connectivity index (χ3v) is 6.80. The second-order valence-electron chi connectivity index (χ2n) is 9.40. The van der Waals surface area contributed by atoms with Gasteiger partial charge < -0.3 is 10.2 Å². The average molecular weight is 530 g/mol. The Bertz CT molecular complexity index is 1540. The lowest BCUT2D eigenvalue weighted by Gasteiger charge is -2.28. The molecule has 5 rings (SSSR count). The molecule has 4 aromatic rings. The first-order valence-electron chi connectivity index (χ1n) is 12.4. The molecule has 1 fully saturated rings. The number of nitrogens with one attached hydrogen (secondary N) is 2. The number of thiocarbonyl (C=S) groups is 1. The van der Waals surface area contributed by atoms with Crippen molar-refractivity contribution in [3.05, 3.63) is 81.4 Å². The minimum Gasteiger partial charge on any atom is -0.366 e. The van der Waals surface area contributed by atoms with E-state index < -0.39 is 10.8 Å². The maximum absolute atomic E-state index is 12.9. The highest BCUT2D eigenvalue weighted by Crippen LogP contribution is 2.31. The Labute approximate surface area is 224 Å². The van der Waals surface area contributed by atoms with Crippen molar-refractivity contribution < 1.29 is 9.72 Å². The molecule has 1 aliphatic rings. The molecule has 0 aliphatic carbocycles. The van der Waals surface area contributed by atoms with E-state index in [4.69, 9.17) is 12.2 Å². The Kier molecular flexibility index (Phi) is 7.01. The lowest BCUT2D eigenvalue weighted by molar-refractivity contribution is -0.384. The van der Waals surface area contributed by atoms with Crippen LogP contribution in [-0.2, 0) is 0 Å². The van der Waals surface area contributed by atoms with Gasteiger partial charge in [0.2, 0.25) is 0 Å². The van der Waals surface area contributed by atoms with Crippen molar-refractivity contribution >= 4 is 51.3 Å². The number of carbonyl (C=O) groups is 1. The molecular weight excluding hydrogens is 502 g/mol. The summed E-state index contributed by atoms with van der Waals surface area (Å²) in [6, 6.07) is 16.2. The van der Waals surface area contributed by atoms with Crippen LogP contribution in [0.2, 0.25) is 0 Å². The smallest absolute Gasteiger partial charge is 0.293 e. The van der Waals surface area contributed by atoms with E-state index in [2.05, 4.69) is 20.8 Å². The first-order chi connectivity index (χ1) is 18.3. The van der Waals surface area contributed by atoms with Crippen LogP contribution in [0.5, 0.6) is 0 Å². The number of aryl methyl sites for hydroxylation is 2. The Morgan fingerprint density at radius 3 is 2.34 bits per heavy atom. The maximum Gasteiger partial charge on any atom is 0.293 e. The summed E-state index contributed by atoms with van der Waals surface area (Å²) in [5, 5.41) is 26.6. The standard InChI is InChI=1S/C27H27N7O3S/c1-17-6-9-20(10-7-17)33-30-22-14-18(2)21(16-23(22)31-33)28-27(38)29-26(35)19-8-11-24(25(15-19)34(36)37)32-12-4-3-5-13-32/h6-11,14-16H,3-5,12-13H2,1-2H3,(H2,28,29,35,38). The summed E-state index contributed by atoms with van der Waals surface area (Å²) in [5.74, 6) is -0.528. The quantitative estimate of drug-likeness (QED) is 0.209. The van der Waals surface area contributed by atoms with E-state index >= 15 is 0 Å². The molecule has 3 aromatic carbocycles. The number of nitrogens with zero attached hydrogens (tertiary/aromatic N) is 5. The third-order valence-electron chi connectivity index (χ3n) is 6.60. The molecule has 1 aromatic heterocycles. The molecule has 1 amide bonds. The number of hydrogen-bond acceptors (Lipinski definition) is 7. The molecule has 0 saturated carbocycles. The fraction of sp³-hybridized carbons (Fsp3) is 0.259. The van der Waals surface area contributed by atoms with Crippen molar-refractivity contribution in [2.75, 3.05) is 23.3 Å². The number of nitro groups is 1. The SMILES string of the molecule is Cc1ccc(-n2nc3cc(C)c(NC(=S)NC(=O)c4ccc(N5CCCCC5)c([N+](=O)[O-])c4)cc3n2)cc1. The van der Waals surface area contributed by atoms with Crippen LogP contribution >= 0.6 is 12.2 Å². The predicted octanol–water partition coefficient (Wildman–Crippen LogP) is 5.06. The van der Waals surface area contributed by atoms with Gasteiger partial charge in [-0.2, -0.15) is 4.80 Å². The summed E-state index contributed by atoms with van der Waals surface area (Å²) in [5.41, 5.74) is 5.54. The number of nitro benzene ring substituents is 1. The van der Waals surface area contributed by atoms with Gasteiger partial charge in [-0.15, -0.1) is 10.2 Å². The molecule has 1 aliphatic heterocycles. The highest BCUT2D eigenvalue weighted by Gasteiger charge is 2.23. The number of fused-ring (bicyclic) bond motifs is 1. The number of anilines is 2. The van der Waals surface area contributed by atoms with Crippen LogP contribution in [0.3, 0.4) is 0 Å². The van der Waals surface area contributed by atoms with E-state index in [9.17, 15) is 14.9 Å². The molecule has 0 radical (unpaired) electrons. The van der Waals surface area contributed by atoms with Gasteiger partial charge in [0.05, 0.1) is 10.6 Å². The number of aromatic nitrogens is 3. The molecule has 10 nitrogen and oxygen atoms in total. The molecule has 0 spiro atoms. The predicted molar refractivity (Wildman–Crippen MR) is 151 cm³/mol. The van der Waals surface area contributed by atoms with E-state index in [1.165, 1.54) is 6.07 Å². The average Bonchev–Trinajstić information content (AvgIpc) is 3.32. The normalized spacial score (nSPS) is 13.4. The molecule has 38 heavy (non-hydrogen) atoms. The van der Waals surface area contributed by atoms with E-state index in [1.807, 2.05) is 55.1 Å². The second-order valence-corrected chi connectivity index (χ2v) is 9.81. The third kappa shape index (κ3) is 5.32. The minimum absolute atomic E-state index is 0.0751. The largest absolute Gasteiger partial charge is 0.366 e. The summed E-state index contributed by atoms with van der Waals surface area (Å²) in [6.07, 6.45) is 3.10. The van der Waals surface area contributed by atoms with Crippen molar-refractivity contribution in [2.45, 2.75) is 33.1 Å². The van der Waals surface area contributed by atoms with Crippen molar-refractivity contribution in [2.24, 2.45) is 0 Å². The molecule has 0 bridgehead atoms. The van der Waals surface area contributed by atoms with Gasteiger partial charge in [-0.25, -0.2) is 0 Å². The van der Waals surface area contributed by atoms with Gasteiger partial charge in [-0.3, -0.25) is 20.2 Å². The Hall–Kier alpha value is -4.38. The van der Waals surface area contributed by atoms with Crippen molar-refractivity contribution in [1.29, 1.82) is 0 Å². The molecular formula is C27H27N7O3S. The van der Waals surface area contributed by atoms with Crippen LogP contribution < -0.4 is 15.5 Å². The molecule has 0 atom stereocenters. The highest BCUT2D eigenvalue weighted by atomic mass is 32.1. The summed E-state index contributed by atoms with van der Waals surface area (Å²) in [4.78, 5) is 27.8. The topological polar surface area (TPSA) is 118 Å². The van der Waals surface area contributed by atoms with E-state index in [0.29, 0.717) is 16.9 Å². The fourth-order valence-electron chi connectivity index (χ4n) is 4.54. The summed E-state index contributed by atoms with van der Waals surface area (Å²) < 4.78 is 0. The van der Waals surface area contributed by atoms with E-state index in [-0.39, 0.29) is 16.4 Å². The van der Waals surface area contributed by atoms with Crippen LogP contribution in [0.15, 0.2) is 54.6 Å². The number of piperidine rings is 1. The molecule has 194 valence electrons. The summed E-state index contributed by atoms with van der Waals surface area (Å²) >= 11 is 5.37. The van der Waals surface area contributed by atoms with Gasteiger partial charge in [0.15, 0.2) is 5.11 Å². The Morgan fingerprint density at radius 1 is 0.974 bits per heavy atom. The molecule has 2 N–H and O–H groups in total. The number of carbonyl (C=O) groups excluding carboxylic acids is 1. The lowest BCUT2D eigenvalue weighted by Crippen LogP contribution is -2.34. The number of hydrogen-bond donors (Lipinski definition) is 2. The lowest BCUT2D eigenvalue weighted by atomic mass is 10.1. The molecule has 1 saturated heterocycles. The second kappa shape index (κ2) is 10.5. The molecule has 2 heterocycles. The van der Waals surface area contributed by atoms with Gasteiger partial charge in [0, 0.05) is 30.4 Å². The van der Waals surface area contributed by atoms with Crippen LogP contribution in [0.4, 0.5) is 17.1 Å². The van der Waals surface area contributed by atoms with Gasteiger partial charge in [0.1, 0.15) is 16.7 Å². The van der Waals surface area contributed by atoms with Crippen molar-refractivity contribution in [1.82, 2.24) is 20.3 Å². The van der Waals surface area contributed by atoms with Gasteiger partial charge in [-0.1, -0.05) is 17.7 Å². The van der Waals surface area contributed by atoms with E-state index in [0.717, 1.165) is 54.7 Å². The first kappa shape index (κ1) is 25.3. The summed E-state index contributed by atoms with van der Waals surface area (Å²) in [7, 11) is 0. The molecule has 0 unspecified atom stereocenters. The Balaban J connectivity index is 1.31. The van der Waals surface area contributed by atoms with Gasteiger partial charge in [0.25, 0.3) is 11.6 Å². The van der Waals surface area contributed by atoms with Gasteiger partial charge in [-0.05, 0) is 87.3 Å². The first-order valence-corrected chi connectivity index (χ1v) is 12.8. The van der Waals surface area contributed by atoms with Crippen LogP contribution in [-0.4, -0.2) is 44.0 Å². The monoisotopic (exact) mass is 529 g/mol. The minimum atomic E-state index is -0.528. The highest BCUT2D eigenvalue weighted by molar-refractivity contribution is 7.80.